The Bertz CT molecular complexity index is 1890. The van der Waals surface area contributed by atoms with Gasteiger partial charge in [-0.1, -0.05) is 11.6 Å². The molecule has 3 aromatic heterocycles. The van der Waals surface area contributed by atoms with Crippen molar-refractivity contribution in [2.75, 3.05) is 44.7 Å². The van der Waals surface area contributed by atoms with Gasteiger partial charge in [0.05, 0.1) is 33.2 Å². The maximum Gasteiger partial charge on any atom is 0.338 e. The molecular weight excluding hydrogens is 574 g/mol. The van der Waals surface area contributed by atoms with E-state index in [9.17, 15) is 14.7 Å². The highest BCUT2D eigenvalue weighted by Gasteiger charge is 2.20. The average molecular weight is 604 g/mol. The van der Waals surface area contributed by atoms with Crippen molar-refractivity contribution in [1.82, 2.24) is 19.4 Å². The fraction of sp³-hybridized carbons (Fsp3) is 0.290. The van der Waals surface area contributed by atoms with Crippen molar-refractivity contribution in [3.05, 3.63) is 80.3 Å². The van der Waals surface area contributed by atoms with Crippen molar-refractivity contribution in [3.63, 3.8) is 0 Å². The minimum atomic E-state index is -1.02. The number of pyridine rings is 1. The van der Waals surface area contributed by atoms with Gasteiger partial charge in [-0.3, -0.25) is 14.3 Å². The molecule has 0 radical (unpaired) electrons. The number of likely N-dealkylation sites (N-methyl/N-ethyl adjacent to an activating group) is 1. The van der Waals surface area contributed by atoms with E-state index in [2.05, 4.69) is 21.8 Å². The summed E-state index contributed by atoms with van der Waals surface area (Å²) in [7, 11) is 2.12. The van der Waals surface area contributed by atoms with Crippen LogP contribution in [0.4, 0.5) is 5.69 Å². The average Bonchev–Trinajstić information content (AvgIpc) is 3.39. The molecule has 2 aromatic carbocycles. The number of halogens is 1. The minimum absolute atomic E-state index is 0.0975. The Balaban J connectivity index is 1.29. The van der Waals surface area contributed by atoms with E-state index in [-0.39, 0.29) is 17.7 Å². The van der Waals surface area contributed by atoms with Crippen LogP contribution in [0.15, 0.2) is 52.6 Å². The summed E-state index contributed by atoms with van der Waals surface area (Å²) >= 11 is 7.72. The fourth-order valence-electron chi connectivity index (χ4n) is 5.42. The quantitative estimate of drug-likeness (QED) is 0.261. The normalized spacial score (nSPS) is 14.1. The lowest BCUT2D eigenvalue weighted by Crippen LogP contribution is -2.44. The fourth-order valence-corrected chi connectivity index (χ4v) is 6.60. The molecule has 1 saturated heterocycles. The van der Waals surface area contributed by atoms with Crippen molar-refractivity contribution < 1.29 is 14.6 Å². The number of carboxylic acids is 1. The highest BCUT2D eigenvalue weighted by Crippen LogP contribution is 2.40. The lowest BCUT2D eigenvalue weighted by Gasteiger charge is -2.34. The molecule has 0 atom stereocenters. The number of rotatable bonds is 7. The molecule has 0 spiro atoms. The van der Waals surface area contributed by atoms with Crippen LogP contribution in [-0.2, 0) is 6.54 Å². The maximum atomic E-state index is 13.6. The molecule has 0 bridgehead atoms. The number of benzene rings is 2. The monoisotopic (exact) mass is 603 g/mol. The highest BCUT2D eigenvalue weighted by molar-refractivity contribution is 7.18. The van der Waals surface area contributed by atoms with Gasteiger partial charge in [-0.15, -0.1) is 11.3 Å². The largest absolute Gasteiger partial charge is 0.491 e. The zero-order valence-corrected chi connectivity index (χ0v) is 25.1. The highest BCUT2D eigenvalue weighted by atomic mass is 35.5. The van der Waals surface area contributed by atoms with Crippen molar-refractivity contribution >= 4 is 55.7 Å². The number of hydrogen-bond acceptors (Lipinski definition) is 8. The molecule has 4 heterocycles. The van der Waals surface area contributed by atoms with Gasteiger partial charge in [0, 0.05) is 59.1 Å². The summed E-state index contributed by atoms with van der Waals surface area (Å²) in [6, 6.07) is 13.2. The second kappa shape index (κ2) is 11.4. The van der Waals surface area contributed by atoms with E-state index in [4.69, 9.17) is 21.3 Å². The van der Waals surface area contributed by atoms with E-state index >= 15 is 0 Å². The standard InChI is InChI=1S/C31H30ClN5O4S/c1-18-14-23(29-28(33-18)25(17-42-29)31(39)40)22-15-20(32)4-7-27(22)41-13-12-37-19(2)34-26-6-5-21(16-24(26)30(37)38)36-10-8-35(3)9-11-36/h4-7,14-17H,8-13H2,1-3H3,(H,39,40). The first-order valence-corrected chi connectivity index (χ1v) is 14.9. The smallest absolute Gasteiger partial charge is 0.338 e. The van der Waals surface area contributed by atoms with Crippen molar-refractivity contribution in [2.24, 2.45) is 0 Å². The zero-order chi connectivity index (χ0) is 29.5. The van der Waals surface area contributed by atoms with Gasteiger partial charge < -0.3 is 19.6 Å². The van der Waals surface area contributed by atoms with Crippen LogP contribution in [0.2, 0.25) is 5.02 Å². The Labute approximate surface area is 251 Å². The summed E-state index contributed by atoms with van der Waals surface area (Å²) in [4.78, 5) is 39.2. The van der Waals surface area contributed by atoms with E-state index in [1.54, 1.807) is 28.1 Å². The molecule has 1 aliphatic rings. The summed E-state index contributed by atoms with van der Waals surface area (Å²) in [5, 5.41) is 12.3. The Hall–Kier alpha value is -3.99. The number of aromatic carboxylic acids is 1. The predicted octanol–water partition coefficient (Wildman–Crippen LogP) is 5.47. The molecule has 42 heavy (non-hydrogen) atoms. The molecule has 1 N–H and O–H groups in total. The van der Waals surface area contributed by atoms with Gasteiger partial charge in [0.1, 0.15) is 18.2 Å². The summed E-state index contributed by atoms with van der Waals surface area (Å²) in [5.74, 6) is 0.174. The molecule has 6 rings (SSSR count). The molecule has 5 aromatic rings. The molecule has 1 fully saturated rings. The maximum absolute atomic E-state index is 13.6. The first kappa shape index (κ1) is 28.1. The molecule has 0 saturated carbocycles. The summed E-state index contributed by atoms with van der Waals surface area (Å²) in [5.41, 5.74) is 4.43. The molecule has 0 unspecified atom stereocenters. The Morgan fingerprint density at radius 1 is 1.05 bits per heavy atom. The lowest BCUT2D eigenvalue weighted by atomic mass is 10.0. The molecule has 9 nitrogen and oxygen atoms in total. The molecule has 1 aliphatic heterocycles. The van der Waals surface area contributed by atoms with E-state index in [1.807, 2.05) is 38.1 Å². The topological polar surface area (TPSA) is 101 Å². The second-order valence-corrected chi connectivity index (χ2v) is 11.9. The van der Waals surface area contributed by atoms with Crippen LogP contribution in [-0.4, -0.2) is 70.3 Å². The third-order valence-corrected chi connectivity index (χ3v) is 8.92. The lowest BCUT2D eigenvalue weighted by molar-refractivity contribution is 0.0699. The van der Waals surface area contributed by atoms with Gasteiger partial charge in [0.25, 0.3) is 5.56 Å². The minimum Gasteiger partial charge on any atom is -0.491 e. The Morgan fingerprint density at radius 3 is 2.60 bits per heavy atom. The van der Waals surface area contributed by atoms with E-state index in [0.717, 1.165) is 47.7 Å². The summed E-state index contributed by atoms with van der Waals surface area (Å²) in [6.07, 6.45) is 0. The van der Waals surface area contributed by atoms with Crippen molar-refractivity contribution in [2.45, 2.75) is 20.4 Å². The van der Waals surface area contributed by atoms with Crippen LogP contribution >= 0.6 is 22.9 Å². The van der Waals surface area contributed by atoms with Gasteiger partial charge in [-0.05, 0) is 63.4 Å². The van der Waals surface area contributed by atoms with Gasteiger partial charge >= 0.3 is 5.97 Å². The van der Waals surface area contributed by atoms with Crippen LogP contribution in [0.5, 0.6) is 5.75 Å². The number of thiophene rings is 1. The van der Waals surface area contributed by atoms with Gasteiger partial charge in [-0.2, -0.15) is 0 Å². The number of ether oxygens (including phenoxy) is 1. The number of aryl methyl sites for hydroxylation is 2. The SMILES string of the molecule is Cc1cc(-c2cc(Cl)ccc2OCCn2c(C)nc3ccc(N4CCN(C)CC4)cc3c2=O)c2scc(C(=O)O)c2n1. The number of anilines is 1. The van der Waals surface area contributed by atoms with Gasteiger partial charge in [0.15, 0.2) is 0 Å². The number of piperazine rings is 1. The zero-order valence-electron chi connectivity index (χ0n) is 23.6. The third kappa shape index (κ3) is 5.33. The molecule has 11 heteroatoms. The first-order valence-electron chi connectivity index (χ1n) is 13.7. The Kier molecular flexibility index (Phi) is 7.61. The van der Waals surface area contributed by atoms with Crippen LogP contribution in [0.1, 0.15) is 21.9 Å². The van der Waals surface area contributed by atoms with Crippen LogP contribution < -0.4 is 15.2 Å². The molecule has 0 amide bonds. The van der Waals surface area contributed by atoms with E-state index in [0.29, 0.717) is 45.3 Å². The summed E-state index contributed by atoms with van der Waals surface area (Å²) in [6.45, 7) is 7.98. The first-order chi connectivity index (χ1) is 20.2. The summed E-state index contributed by atoms with van der Waals surface area (Å²) < 4.78 is 8.65. The number of carboxylic acid groups (broad SMARTS) is 1. The van der Waals surface area contributed by atoms with Crippen molar-refractivity contribution in [3.8, 4) is 16.9 Å². The van der Waals surface area contributed by atoms with Gasteiger partial charge in [-0.25, -0.2) is 9.78 Å². The predicted molar refractivity (Wildman–Crippen MR) is 168 cm³/mol. The number of aromatic nitrogens is 3. The molecular formula is C31H30ClN5O4S. The molecule has 0 aliphatic carbocycles. The van der Waals surface area contributed by atoms with Crippen LogP contribution in [0, 0.1) is 13.8 Å². The van der Waals surface area contributed by atoms with E-state index in [1.165, 1.54) is 11.3 Å². The second-order valence-electron chi connectivity index (χ2n) is 10.5. The third-order valence-electron chi connectivity index (χ3n) is 7.68. The number of nitrogens with zero attached hydrogens (tertiary/aromatic N) is 5. The number of carbonyl (C=O) groups is 1. The van der Waals surface area contributed by atoms with Crippen LogP contribution in [0.3, 0.4) is 0 Å². The Morgan fingerprint density at radius 2 is 1.83 bits per heavy atom. The van der Waals surface area contributed by atoms with Crippen LogP contribution in [0.25, 0.3) is 32.2 Å². The van der Waals surface area contributed by atoms with E-state index < -0.39 is 5.97 Å². The number of hydrogen-bond donors (Lipinski definition) is 1. The number of fused-ring (bicyclic) bond motifs is 2. The van der Waals surface area contributed by atoms with Crippen molar-refractivity contribution in [1.29, 1.82) is 0 Å². The van der Waals surface area contributed by atoms with Gasteiger partial charge in [0.2, 0.25) is 0 Å². The molecule has 216 valence electrons.